The summed E-state index contributed by atoms with van der Waals surface area (Å²) in [5.41, 5.74) is 2.06. The molecule has 7 aromatic rings. The zero-order valence-electron chi connectivity index (χ0n) is 38.7. The summed E-state index contributed by atoms with van der Waals surface area (Å²) in [5.74, 6) is 0.187. The molecular weight excluding hydrogens is 948 g/mol. The highest BCUT2D eigenvalue weighted by Crippen LogP contribution is 2.57. The third-order valence-electron chi connectivity index (χ3n) is 13.4. The van der Waals surface area contributed by atoms with Crippen LogP contribution in [0.2, 0.25) is 0 Å². The summed E-state index contributed by atoms with van der Waals surface area (Å²) in [5, 5.41) is 29.0. The number of carbonyl (C=O) groups is 4. The molecule has 0 radical (unpaired) electrons. The Bertz CT molecular complexity index is 3330. The van der Waals surface area contributed by atoms with E-state index in [4.69, 9.17) is 18.9 Å². The van der Waals surface area contributed by atoms with Gasteiger partial charge in [0.15, 0.2) is 17.2 Å². The van der Waals surface area contributed by atoms with Gasteiger partial charge in [-0.1, -0.05) is 36.8 Å². The van der Waals surface area contributed by atoms with E-state index in [0.717, 1.165) is 17.8 Å². The number of fused-ring (bicyclic) bond motifs is 10. The maximum Gasteiger partial charge on any atom is 0.416 e. The van der Waals surface area contributed by atoms with Crippen LogP contribution in [0.5, 0.6) is 23.0 Å². The van der Waals surface area contributed by atoms with Gasteiger partial charge in [-0.3, -0.25) is 14.5 Å². The van der Waals surface area contributed by atoms with Gasteiger partial charge in [0, 0.05) is 77.3 Å². The molecule has 370 valence electrons. The minimum absolute atomic E-state index is 0.0446. The number of phenolic OH excluding ortho intramolecular Hbond substituents is 2. The number of hydrogen-bond acceptors (Lipinski definition) is 12. The van der Waals surface area contributed by atoms with Crippen molar-refractivity contribution in [3.8, 4) is 45.6 Å². The molecule has 0 unspecified atom stereocenters. The average molecular weight is 992 g/mol. The third kappa shape index (κ3) is 8.76. The Morgan fingerprint density at radius 2 is 1.56 bits per heavy atom. The van der Waals surface area contributed by atoms with Crippen molar-refractivity contribution in [3.63, 3.8) is 0 Å². The van der Waals surface area contributed by atoms with Crippen molar-refractivity contribution in [2.45, 2.75) is 56.5 Å². The van der Waals surface area contributed by atoms with E-state index >= 15 is 0 Å². The first-order valence-corrected chi connectivity index (χ1v) is 23.6. The fraction of sp³-hybridized carbons (Fsp3) is 0.222. The number of pyridine rings is 1. The summed E-state index contributed by atoms with van der Waals surface area (Å²) in [7, 11) is 0. The van der Waals surface area contributed by atoms with Crippen LogP contribution in [0.15, 0.2) is 126 Å². The number of halogens is 3. The van der Waals surface area contributed by atoms with Crippen LogP contribution < -0.4 is 30.5 Å². The molecule has 6 heterocycles. The fourth-order valence-electron chi connectivity index (χ4n) is 9.95. The monoisotopic (exact) mass is 991 g/mol. The maximum atomic E-state index is 14.0. The van der Waals surface area contributed by atoms with E-state index in [1.165, 1.54) is 42.6 Å². The van der Waals surface area contributed by atoms with E-state index in [1.54, 1.807) is 71.6 Å². The number of ether oxygens (including phenoxy) is 2. The molecule has 11 rings (SSSR count). The Morgan fingerprint density at radius 3 is 2.34 bits per heavy atom. The highest BCUT2D eigenvalue weighted by Gasteiger charge is 2.54. The van der Waals surface area contributed by atoms with Crippen LogP contribution in [-0.4, -0.2) is 69.7 Å². The number of anilines is 3. The molecular formula is C54H44F3N7O9. The van der Waals surface area contributed by atoms with E-state index in [1.807, 2.05) is 0 Å². The Hall–Kier alpha value is -8.87. The molecule has 1 atom stereocenters. The first-order valence-electron chi connectivity index (χ1n) is 23.6. The summed E-state index contributed by atoms with van der Waals surface area (Å²) in [6, 6.07) is 28.5. The molecule has 1 spiro atoms. The van der Waals surface area contributed by atoms with Crippen LogP contribution in [-0.2, 0) is 27.9 Å². The molecule has 4 aliphatic rings. The van der Waals surface area contributed by atoms with Crippen LogP contribution >= 0.6 is 0 Å². The van der Waals surface area contributed by atoms with Gasteiger partial charge in [-0.05, 0) is 92.1 Å². The number of aromatic nitrogens is 2. The van der Waals surface area contributed by atoms with Crippen molar-refractivity contribution < 1.29 is 56.5 Å². The minimum atomic E-state index is -4.52. The summed E-state index contributed by atoms with van der Waals surface area (Å²) < 4.78 is 58.6. The first-order chi connectivity index (χ1) is 35.2. The van der Waals surface area contributed by atoms with Gasteiger partial charge in [0.05, 0.1) is 41.3 Å². The van der Waals surface area contributed by atoms with Gasteiger partial charge < -0.3 is 45.0 Å². The van der Waals surface area contributed by atoms with Gasteiger partial charge in [0.1, 0.15) is 23.0 Å². The molecule has 73 heavy (non-hydrogen) atoms. The Balaban J connectivity index is 0.654. The third-order valence-corrected chi connectivity index (χ3v) is 13.4. The number of hydrogen-bond donors (Lipinski definition) is 5. The first kappa shape index (κ1) is 46.5. The largest absolute Gasteiger partial charge is 0.508 e. The second-order valence-corrected chi connectivity index (χ2v) is 18.1. The lowest BCUT2D eigenvalue weighted by atomic mass is 9.77. The lowest BCUT2D eigenvalue weighted by Crippen LogP contribution is -2.48. The van der Waals surface area contributed by atoms with Gasteiger partial charge in [-0.2, -0.15) is 13.2 Å². The van der Waals surface area contributed by atoms with Crippen LogP contribution in [0.25, 0.3) is 22.6 Å². The number of unbranched alkanes of at least 4 members (excludes halogenated alkanes) is 2. The molecule has 2 bridgehead atoms. The maximum absolute atomic E-state index is 14.0. The number of oxazole rings is 1. The van der Waals surface area contributed by atoms with Gasteiger partial charge in [0.25, 0.3) is 5.91 Å². The van der Waals surface area contributed by atoms with Crippen molar-refractivity contribution in [2.75, 3.05) is 34.8 Å². The summed E-state index contributed by atoms with van der Waals surface area (Å²) >= 11 is 0. The molecule has 1 fully saturated rings. The molecule has 5 N–H and O–H groups in total. The van der Waals surface area contributed by atoms with Crippen molar-refractivity contribution in [1.82, 2.24) is 20.6 Å². The fourth-order valence-corrected chi connectivity index (χ4v) is 9.95. The van der Waals surface area contributed by atoms with Crippen molar-refractivity contribution in [3.05, 3.63) is 161 Å². The topological polar surface area (TPSA) is 209 Å². The van der Waals surface area contributed by atoms with E-state index in [9.17, 15) is 42.6 Å². The average Bonchev–Trinajstić information content (AvgIpc) is 4.11. The van der Waals surface area contributed by atoms with E-state index in [2.05, 4.69) is 25.8 Å². The normalized spacial score (nSPS) is 15.7. The summed E-state index contributed by atoms with van der Waals surface area (Å²) in [4.78, 5) is 66.2. The smallest absolute Gasteiger partial charge is 0.416 e. The molecule has 0 aliphatic carbocycles. The number of phenols is 2. The Morgan fingerprint density at radius 1 is 0.808 bits per heavy atom. The lowest BCUT2D eigenvalue weighted by Gasteiger charge is -2.36. The number of benzene rings is 5. The molecule has 2 aromatic heterocycles. The molecule has 19 heteroatoms. The summed E-state index contributed by atoms with van der Waals surface area (Å²) in [6.45, 7) is 1.67. The zero-order valence-corrected chi connectivity index (χ0v) is 38.7. The molecule has 4 amide bonds. The van der Waals surface area contributed by atoms with E-state index < -0.39 is 29.3 Å². The number of alkyl halides is 3. The number of carbonyl (C=O) groups excluding carboxylic acids is 4. The zero-order chi connectivity index (χ0) is 50.6. The molecule has 16 nitrogen and oxygen atoms in total. The van der Waals surface area contributed by atoms with Crippen molar-refractivity contribution in [1.29, 1.82) is 0 Å². The van der Waals surface area contributed by atoms with E-state index in [0.29, 0.717) is 90.5 Å². The van der Waals surface area contributed by atoms with Gasteiger partial charge in [-0.25, -0.2) is 19.6 Å². The highest BCUT2D eigenvalue weighted by molar-refractivity contribution is 6.05. The Kier molecular flexibility index (Phi) is 11.7. The van der Waals surface area contributed by atoms with Crippen molar-refractivity contribution in [2.24, 2.45) is 0 Å². The van der Waals surface area contributed by atoms with Crippen LogP contribution in [0.3, 0.4) is 0 Å². The van der Waals surface area contributed by atoms with Crippen LogP contribution in [0.4, 0.5) is 35.2 Å². The van der Waals surface area contributed by atoms with Crippen molar-refractivity contribution >= 4 is 41.0 Å². The quantitative estimate of drug-likeness (QED) is 0.0573. The number of urea groups is 1. The summed E-state index contributed by atoms with van der Waals surface area (Å²) in [6.07, 6.45) is -0.268. The predicted molar refractivity (Wildman–Crippen MR) is 259 cm³/mol. The minimum Gasteiger partial charge on any atom is -0.508 e. The SMILES string of the molecule is O=C(CCCCCNC(=O)c1ccc2c(c1)C(=O)OC21c2ccc(O)cc2Oc2cc(O)ccc21)NCc1ncc(-c2cccc(NC(=O)N3c4nc(-c5cccc(C(F)(F)F)c5)ccc4N4CC[C@H]3C4)c2)o1. The molecule has 0 saturated carbocycles. The number of esters is 1. The molecule has 1 saturated heterocycles. The van der Waals surface area contributed by atoms with Crippen LogP contribution in [0.1, 0.15) is 81.0 Å². The van der Waals surface area contributed by atoms with Gasteiger partial charge in [-0.15, -0.1) is 0 Å². The number of nitrogens with one attached hydrogen (secondary N) is 3. The number of aromatic hydroxyl groups is 2. The number of rotatable bonds is 12. The van der Waals surface area contributed by atoms with E-state index in [-0.39, 0.29) is 76.4 Å². The highest BCUT2D eigenvalue weighted by atomic mass is 19.4. The lowest BCUT2D eigenvalue weighted by molar-refractivity contribution is -0.137. The van der Waals surface area contributed by atoms with Gasteiger partial charge in [0.2, 0.25) is 11.8 Å². The number of amides is 4. The van der Waals surface area contributed by atoms with Crippen LogP contribution in [0, 0.1) is 0 Å². The molecule has 4 aliphatic heterocycles. The Labute approximate surface area is 414 Å². The standard InChI is InChI=1S/C54H44F3N7O9/c55-54(56,57)33-8-4-6-30(22-33)42-17-18-43-49(62-42)64(35-19-21-63(43)29-35)52(70)61-34-9-5-7-31(23-34)46-27-60-48(72-46)28-59-47(67)10-2-1-3-20-58-50(68)32-11-14-39-38(24-32)51(69)73-53(39)40-15-12-36(65)25-44(40)71-45-26-37(66)13-16-41(45)53/h4-9,11-18,22-27,35,65-66H,1-3,10,19-21,28-29H2,(H,58,68)(H,59,67)(H,61,70)/t35-/m0/s1. The predicted octanol–water partition coefficient (Wildman–Crippen LogP) is 9.64. The second-order valence-electron chi connectivity index (χ2n) is 18.1. The van der Waals surface area contributed by atoms with Gasteiger partial charge >= 0.3 is 18.2 Å². The molecule has 5 aromatic carbocycles. The number of nitrogens with zero attached hydrogens (tertiary/aromatic N) is 4. The second kappa shape index (κ2) is 18.4.